The van der Waals surface area contributed by atoms with Crippen molar-refractivity contribution in [1.29, 1.82) is 0 Å². The molecular weight excluding hydrogens is 370 g/mol. The molecule has 1 aromatic rings. The number of aromatic nitrogens is 1. The highest BCUT2D eigenvalue weighted by atomic mass is 16.5. The third-order valence-electron chi connectivity index (χ3n) is 6.90. The maximum Gasteiger partial charge on any atom is 0.263 e. The molecule has 7 heteroatoms. The van der Waals surface area contributed by atoms with Crippen molar-refractivity contribution >= 4 is 11.8 Å². The summed E-state index contributed by atoms with van der Waals surface area (Å²) < 4.78 is 6.76. The van der Waals surface area contributed by atoms with Crippen molar-refractivity contribution in [2.75, 3.05) is 33.4 Å². The minimum atomic E-state index is -0.227. The van der Waals surface area contributed by atoms with E-state index in [0.29, 0.717) is 44.5 Å². The normalized spacial score (nSPS) is 26.4. The second-order valence-electron chi connectivity index (χ2n) is 8.87. The Morgan fingerprint density at radius 1 is 1.21 bits per heavy atom. The van der Waals surface area contributed by atoms with Crippen molar-refractivity contribution in [3.05, 3.63) is 33.2 Å². The number of methoxy groups -OCH3 is 1. The third kappa shape index (κ3) is 3.61. The molecular formula is C22H31N3O4. The zero-order valence-corrected chi connectivity index (χ0v) is 17.6. The van der Waals surface area contributed by atoms with Crippen LogP contribution in [0.25, 0.3) is 0 Å². The van der Waals surface area contributed by atoms with E-state index in [1.807, 2.05) is 24.8 Å². The highest BCUT2D eigenvalue weighted by molar-refractivity contribution is 5.95. The second-order valence-corrected chi connectivity index (χ2v) is 8.87. The van der Waals surface area contributed by atoms with Gasteiger partial charge in [-0.15, -0.1) is 0 Å². The second kappa shape index (κ2) is 7.94. The molecule has 3 fully saturated rings. The first-order valence-corrected chi connectivity index (χ1v) is 10.7. The lowest BCUT2D eigenvalue weighted by molar-refractivity contribution is -0.144. The van der Waals surface area contributed by atoms with Gasteiger partial charge in [-0.2, -0.15) is 0 Å². The molecule has 0 unspecified atom stereocenters. The number of likely N-dealkylation sites (tertiary alicyclic amines) is 1. The zero-order valence-electron chi connectivity index (χ0n) is 17.6. The van der Waals surface area contributed by atoms with Crippen LogP contribution in [-0.4, -0.2) is 65.6 Å². The SMILES string of the molecule is COCCn1c(C)cc(C)c(C(=O)N2C[C@H]3C[C@@H](C2)[C@H]2CCCC(=O)N2C3)c1=O. The fourth-order valence-corrected chi connectivity index (χ4v) is 5.58. The summed E-state index contributed by atoms with van der Waals surface area (Å²) in [7, 11) is 1.60. The number of hydrogen-bond acceptors (Lipinski definition) is 4. The van der Waals surface area contributed by atoms with E-state index < -0.39 is 0 Å². The van der Waals surface area contributed by atoms with E-state index in [-0.39, 0.29) is 29.0 Å². The Morgan fingerprint density at radius 2 is 2.00 bits per heavy atom. The van der Waals surface area contributed by atoms with Crippen molar-refractivity contribution in [1.82, 2.24) is 14.4 Å². The number of rotatable bonds is 4. The van der Waals surface area contributed by atoms with Gasteiger partial charge in [-0.3, -0.25) is 14.4 Å². The highest BCUT2D eigenvalue weighted by Gasteiger charge is 2.45. The summed E-state index contributed by atoms with van der Waals surface area (Å²) in [4.78, 5) is 42.8. The van der Waals surface area contributed by atoms with Gasteiger partial charge < -0.3 is 19.1 Å². The topological polar surface area (TPSA) is 71.8 Å². The lowest BCUT2D eigenvalue weighted by atomic mass is 9.76. The van der Waals surface area contributed by atoms with Crippen LogP contribution in [0.5, 0.6) is 0 Å². The van der Waals surface area contributed by atoms with Gasteiger partial charge in [-0.1, -0.05) is 0 Å². The third-order valence-corrected chi connectivity index (χ3v) is 6.90. The fourth-order valence-electron chi connectivity index (χ4n) is 5.58. The van der Waals surface area contributed by atoms with Gasteiger partial charge >= 0.3 is 0 Å². The summed E-state index contributed by atoms with van der Waals surface area (Å²) >= 11 is 0. The first kappa shape index (κ1) is 20.1. The summed E-state index contributed by atoms with van der Waals surface area (Å²) in [5.41, 5.74) is 1.63. The average Bonchev–Trinajstić information content (AvgIpc) is 2.68. The molecule has 0 radical (unpaired) electrons. The Morgan fingerprint density at radius 3 is 2.76 bits per heavy atom. The maximum atomic E-state index is 13.4. The number of nitrogens with zero attached hydrogens (tertiary/aromatic N) is 3. The van der Waals surface area contributed by atoms with Crippen LogP contribution >= 0.6 is 0 Å². The molecule has 2 bridgehead atoms. The van der Waals surface area contributed by atoms with Crippen molar-refractivity contribution in [2.24, 2.45) is 11.8 Å². The van der Waals surface area contributed by atoms with E-state index in [4.69, 9.17) is 4.74 Å². The molecule has 0 saturated carbocycles. The Balaban J connectivity index is 1.60. The number of fused-ring (bicyclic) bond motifs is 4. The van der Waals surface area contributed by atoms with E-state index in [1.54, 1.807) is 11.7 Å². The Labute approximate surface area is 171 Å². The molecule has 4 heterocycles. The van der Waals surface area contributed by atoms with Crippen LogP contribution in [0.3, 0.4) is 0 Å². The molecule has 3 aliphatic rings. The first-order valence-electron chi connectivity index (χ1n) is 10.7. The van der Waals surface area contributed by atoms with Gasteiger partial charge in [0.2, 0.25) is 5.91 Å². The minimum Gasteiger partial charge on any atom is -0.383 e. The van der Waals surface area contributed by atoms with Crippen molar-refractivity contribution in [3.63, 3.8) is 0 Å². The summed E-state index contributed by atoms with van der Waals surface area (Å²) in [5.74, 6) is 0.727. The molecule has 1 aromatic heterocycles. The van der Waals surface area contributed by atoms with Gasteiger partial charge in [0.15, 0.2) is 0 Å². The van der Waals surface area contributed by atoms with E-state index in [1.165, 1.54) is 0 Å². The van der Waals surface area contributed by atoms with Crippen LogP contribution in [0, 0.1) is 25.7 Å². The van der Waals surface area contributed by atoms with Gasteiger partial charge in [0, 0.05) is 51.4 Å². The largest absolute Gasteiger partial charge is 0.383 e. The molecule has 7 nitrogen and oxygen atoms in total. The molecule has 4 rings (SSSR count). The smallest absolute Gasteiger partial charge is 0.263 e. The lowest BCUT2D eigenvalue weighted by Crippen LogP contribution is -2.61. The van der Waals surface area contributed by atoms with Crippen LogP contribution in [0.15, 0.2) is 10.9 Å². The molecule has 0 N–H and O–H groups in total. The summed E-state index contributed by atoms with van der Waals surface area (Å²) in [5, 5.41) is 0. The molecule has 158 valence electrons. The quantitative estimate of drug-likeness (QED) is 0.768. The van der Waals surface area contributed by atoms with E-state index >= 15 is 0 Å². The molecule has 29 heavy (non-hydrogen) atoms. The molecule has 0 aliphatic carbocycles. The average molecular weight is 402 g/mol. The minimum absolute atomic E-state index is 0.163. The fraction of sp³-hybridized carbons (Fsp3) is 0.682. The molecule has 3 aliphatic heterocycles. The number of aryl methyl sites for hydroxylation is 2. The number of piperidine rings is 3. The van der Waals surface area contributed by atoms with Gasteiger partial charge in [0.1, 0.15) is 5.56 Å². The summed E-state index contributed by atoms with van der Waals surface area (Å²) in [6.07, 6.45) is 3.69. The Kier molecular flexibility index (Phi) is 5.51. The molecule has 3 saturated heterocycles. The van der Waals surface area contributed by atoms with Crippen LogP contribution < -0.4 is 5.56 Å². The number of carbonyl (C=O) groups is 2. The maximum absolute atomic E-state index is 13.4. The zero-order chi connectivity index (χ0) is 20.7. The Hall–Kier alpha value is -2.15. The van der Waals surface area contributed by atoms with Crippen molar-refractivity contribution in [2.45, 2.75) is 52.1 Å². The number of carbonyl (C=O) groups excluding carboxylic acids is 2. The van der Waals surface area contributed by atoms with Crippen LogP contribution in [-0.2, 0) is 16.1 Å². The number of ether oxygens (including phenoxy) is 1. The van der Waals surface area contributed by atoms with Gasteiger partial charge in [0.05, 0.1) is 6.61 Å². The van der Waals surface area contributed by atoms with Gasteiger partial charge in [0.25, 0.3) is 11.5 Å². The summed E-state index contributed by atoms with van der Waals surface area (Å²) in [6, 6.07) is 2.16. The number of amides is 2. The van der Waals surface area contributed by atoms with Crippen molar-refractivity contribution in [3.8, 4) is 0 Å². The molecule has 0 spiro atoms. The van der Waals surface area contributed by atoms with E-state index in [9.17, 15) is 14.4 Å². The first-order chi connectivity index (χ1) is 13.9. The molecule has 3 atom stereocenters. The monoisotopic (exact) mass is 401 g/mol. The number of hydrogen-bond donors (Lipinski definition) is 0. The Bertz CT molecular complexity index is 878. The lowest BCUT2D eigenvalue weighted by Gasteiger charge is -2.52. The standard InChI is InChI=1S/C22H31N3O4/c1-14-9-15(2)24(7-8-29-3)22(28)20(14)21(27)23-11-16-10-17(13-23)18-5-4-6-19(26)25(18)12-16/h9,16-18H,4-8,10-13H2,1-3H3/t16-,17+,18-/m1/s1. The molecule has 0 aromatic carbocycles. The van der Waals surface area contributed by atoms with Crippen molar-refractivity contribution < 1.29 is 14.3 Å². The van der Waals surface area contributed by atoms with E-state index in [0.717, 1.165) is 37.1 Å². The predicted molar refractivity (Wildman–Crippen MR) is 109 cm³/mol. The highest BCUT2D eigenvalue weighted by Crippen LogP contribution is 2.38. The van der Waals surface area contributed by atoms with Gasteiger partial charge in [-0.05, 0) is 56.6 Å². The van der Waals surface area contributed by atoms with Crippen LogP contribution in [0.4, 0.5) is 0 Å². The van der Waals surface area contributed by atoms with Crippen LogP contribution in [0.2, 0.25) is 0 Å². The van der Waals surface area contributed by atoms with E-state index in [2.05, 4.69) is 4.90 Å². The summed E-state index contributed by atoms with van der Waals surface area (Å²) in [6.45, 7) is 6.59. The van der Waals surface area contributed by atoms with Crippen LogP contribution in [0.1, 0.15) is 47.3 Å². The van der Waals surface area contributed by atoms with Gasteiger partial charge in [-0.25, -0.2) is 0 Å². The number of pyridine rings is 1. The predicted octanol–water partition coefficient (Wildman–Crippen LogP) is 1.58. The molecule has 2 amide bonds.